The van der Waals surface area contributed by atoms with E-state index < -0.39 is 5.91 Å². The van der Waals surface area contributed by atoms with Gasteiger partial charge in [-0.2, -0.15) is 0 Å². The van der Waals surface area contributed by atoms with Crippen LogP contribution in [0.25, 0.3) is 0 Å². The Morgan fingerprint density at radius 2 is 1.64 bits per heavy atom. The van der Waals surface area contributed by atoms with Gasteiger partial charge in [-0.3, -0.25) is 19.9 Å². The van der Waals surface area contributed by atoms with E-state index in [-0.39, 0.29) is 17.9 Å². The number of anilines is 1. The van der Waals surface area contributed by atoms with E-state index in [0.717, 1.165) is 32.7 Å². The Labute approximate surface area is 209 Å². The van der Waals surface area contributed by atoms with Gasteiger partial charge in [0.2, 0.25) is 11.8 Å². The maximum Gasteiger partial charge on any atom is 0.263 e. The van der Waals surface area contributed by atoms with Crippen LogP contribution in [0.2, 0.25) is 0 Å². The summed E-state index contributed by atoms with van der Waals surface area (Å²) in [5.41, 5.74) is 2.94. The summed E-state index contributed by atoms with van der Waals surface area (Å²) < 4.78 is 5.90. The van der Waals surface area contributed by atoms with Gasteiger partial charge in [-0.15, -0.1) is 0 Å². The van der Waals surface area contributed by atoms with Gasteiger partial charge in [0.25, 0.3) is 5.91 Å². The van der Waals surface area contributed by atoms with Crippen molar-refractivity contribution >= 4 is 11.9 Å². The molecule has 10 nitrogen and oxygen atoms in total. The number of rotatable bonds is 9. The molecule has 1 aliphatic rings. The van der Waals surface area contributed by atoms with Gasteiger partial charge in [-0.1, -0.05) is 65.8 Å². The first kappa shape index (κ1) is 23.6. The summed E-state index contributed by atoms with van der Waals surface area (Å²) in [5, 5.41) is 15.7. The molecule has 1 saturated heterocycles. The average molecular weight is 485 g/mol. The quantitative estimate of drug-likeness (QED) is 0.373. The lowest BCUT2D eigenvalue weighted by Gasteiger charge is -2.39. The molecule has 0 saturated carbocycles. The minimum absolute atomic E-state index is 0.164. The van der Waals surface area contributed by atoms with Crippen molar-refractivity contribution in [1.29, 1.82) is 0 Å². The van der Waals surface area contributed by atoms with E-state index >= 15 is 0 Å². The summed E-state index contributed by atoms with van der Waals surface area (Å²) in [5.74, 6) is 0.0597. The molecule has 1 aliphatic heterocycles. The van der Waals surface area contributed by atoms with Crippen LogP contribution in [-0.4, -0.2) is 80.6 Å². The molecule has 1 fully saturated rings. The highest BCUT2D eigenvalue weighted by Crippen LogP contribution is 2.29. The minimum atomic E-state index is -0.391. The number of amides is 1. The number of aromatic nitrogens is 5. The number of H-pyrrole nitrogens is 1. The third kappa shape index (κ3) is 5.73. The first-order valence-corrected chi connectivity index (χ1v) is 12.0. The second-order valence-corrected chi connectivity index (χ2v) is 8.51. The smallest absolute Gasteiger partial charge is 0.263 e. The summed E-state index contributed by atoms with van der Waals surface area (Å²) in [6.07, 6.45) is 1.61. The standard InChI is InChI=1S/C26H28N8O2/c35-24(28-26-29-31-32-30-26)22-12-7-13-27-25(22)36-19-18-33-14-16-34(17-15-33)23(20-8-3-1-4-9-20)21-10-5-2-6-11-21/h1-13,23H,14-19H2,(H2,28,29,30,31,32,35). The Morgan fingerprint density at radius 1 is 0.944 bits per heavy atom. The fourth-order valence-corrected chi connectivity index (χ4v) is 4.47. The molecule has 0 radical (unpaired) electrons. The van der Waals surface area contributed by atoms with Gasteiger partial charge in [0.15, 0.2) is 0 Å². The second-order valence-electron chi connectivity index (χ2n) is 8.51. The SMILES string of the molecule is O=C(Nc1nnn[nH]1)c1cccnc1OCCN1CCN(C(c2ccccc2)c2ccccc2)CC1. The monoisotopic (exact) mass is 484 g/mol. The predicted octanol–water partition coefficient (Wildman–Crippen LogP) is 2.63. The fourth-order valence-electron chi connectivity index (χ4n) is 4.47. The lowest BCUT2D eigenvalue weighted by atomic mass is 9.96. The maximum atomic E-state index is 12.6. The third-order valence-corrected chi connectivity index (χ3v) is 6.24. The zero-order valence-electron chi connectivity index (χ0n) is 19.8. The Balaban J connectivity index is 1.16. The van der Waals surface area contributed by atoms with Crippen molar-refractivity contribution < 1.29 is 9.53 Å². The highest BCUT2D eigenvalue weighted by Gasteiger charge is 2.26. The van der Waals surface area contributed by atoms with Crippen molar-refractivity contribution in [3.63, 3.8) is 0 Å². The molecular weight excluding hydrogens is 456 g/mol. The number of nitrogens with one attached hydrogen (secondary N) is 2. The van der Waals surface area contributed by atoms with E-state index in [2.05, 4.69) is 101 Å². The molecule has 36 heavy (non-hydrogen) atoms. The highest BCUT2D eigenvalue weighted by molar-refractivity contribution is 6.04. The normalized spacial score (nSPS) is 14.6. The summed E-state index contributed by atoms with van der Waals surface area (Å²) in [6.45, 7) is 4.97. The third-order valence-electron chi connectivity index (χ3n) is 6.24. The summed E-state index contributed by atoms with van der Waals surface area (Å²) in [4.78, 5) is 21.7. The van der Waals surface area contributed by atoms with Crippen LogP contribution in [0.15, 0.2) is 79.0 Å². The van der Waals surface area contributed by atoms with Crippen LogP contribution in [0.1, 0.15) is 27.5 Å². The first-order chi connectivity index (χ1) is 17.8. The molecule has 2 N–H and O–H groups in total. The average Bonchev–Trinajstić information content (AvgIpc) is 3.44. The van der Waals surface area contributed by atoms with Gasteiger partial charge in [0.1, 0.15) is 12.2 Å². The van der Waals surface area contributed by atoms with Crippen LogP contribution in [-0.2, 0) is 0 Å². The van der Waals surface area contributed by atoms with Crippen molar-refractivity contribution in [2.24, 2.45) is 0 Å². The number of hydrogen-bond acceptors (Lipinski definition) is 8. The zero-order chi connectivity index (χ0) is 24.6. The number of ether oxygens (including phenoxy) is 1. The molecule has 4 aromatic rings. The van der Waals surface area contributed by atoms with Gasteiger partial charge in [-0.05, 0) is 33.7 Å². The number of aromatic amines is 1. The molecule has 2 aromatic heterocycles. The molecule has 0 unspecified atom stereocenters. The Bertz CT molecular complexity index is 1190. The van der Waals surface area contributed by atoms with Crippen LogP contribution in [0.3, 0.4) is 0 Å². The van der Waals surface area contributed by atoms with E-state index in [9.17, 15) is 4.79 Å². The largest absolute Gasteiger partial charge is 0.476 e. The van der Waals surface area contributed by atoms with E-state index in [1.165, 1.54) is 11.1 Å². The Morgan fingerprint density at radius 3 is 2.28 bits per heavy atom. The molecule has 10 heteroatoms. The van der Waals surface area contributed by atoms with Crippen LogP contribution in [0.5, 0.6) is 5.88 Å². The number of hydrogen-bond donors (Lipinski definition) is 2. The summed E-state index contributed by atoms with van der Waals surface area (Å²) in [7, 11) is 0. The lowest BCUT2D eigenvalue weighted by molar-refractivity contribution is 0.0956. The van der Waals surface area contributed by atoms with E-state index in [0.29, 0.717) is 12.2 Å². The minimum Gasteiger partial charge on any atom is -0.476 e. The van der Waals surface area contributed by atoms with Crippen LogP contribution in [0, 0.1) is 0 Å². The molecule has 0 spiro atoms. The van der Waals surface area contributed by atoms with Crippen LogP contribution >= 0.6 is 0 Å². The topological polar surface area (TPSA) is 112 Å². The van der Waals surface area contributed by atoms with Crippen molar-refractivity contribution in [2.45, 2.75) is 6.04 Å². The lowest BCUT2D eigenvalue weighted by Crippen LogP contribution is -2.48. The molecule has 5 rings (SSSR count). The van der Waals surface area contributed by atoms with Gasteiger partial charge >= 0.3 is 0 Å². The molecule has 1 amide bonds. The zero-order valence-corrected chi connectivity index (χ0v) is 19.8. The number of benzene rings is 2. The number of piperazine rings is 1. The van der Waals surface area contributed by atoms with Gasteiger partial charge in [-0.25, -0.2) is 10.1 Å². The van der Waals surface area contributed by atoms with Crippen molar-refractivity contribution in [3.8, 4) is 5.88 Å². The molecule has 3 heterocycles. The van der Waals surface area contributed by atoms with E-state index in [4.69, 9.17) is 4.74 Å². The summed E-state index contributed by atoms with van der Waals surface area (Å²) >= 11 is 0. The number of nitrogens with zero attached hydrogens (tertiary/aromatic N) is 6. The molecule has 2 aromatic carbocycles. The molecule has 0 bridgehead atoms. The number of tetrazole rings is 1. The number of carbonyl (C=O) groups excluding carboxylic acids is 1. The highest BCUT2D eigenvalue weighted by atomic mass is 16.5. The fraction of sp³-hybridized carbons (Fsp3) is 0.269. The van der Waals surface area contributed by atoms with Gasteiger partial charge in [0, 0.05) is 38.9 Å². The van der Waals surface area contributed by atoms with Crippen molar-refractivity contribution in [2.75, 3.05) is 44.6 Å². The first-order valence-electron chi connectivity index (χ1n) is 12.0. The maximum absolute atomic E-state index is 12.6. The van der Waals surface area contributed by atoms with E-state index in [1.807, 2.05) is 0 Å². The van der Waals surface area contributed by atoms with Gasteiger partial charge < -0.3 is 4.74 Å². The Hall–Kier alpha value is -4.15. The van der Waals surface area contributed by atoms with Gasteiger partial charge in [0.05, 0.1) is 6.04 Å². The van der Waals surface area contributed by atoms with Crippen molar-refractivity contribution in [1.82, 2.24) is 35.4 Å². The number of pyridine rings is 1. The molecule has 0 aliphatic carbocycles. The van der Waals surface area contributed by atoms with Crippen LogP contribution < -0.4 is 10.1 Å². The summed E-state index contributed by atoms with van der Waals surface area (Å²) in [6, 6.07) is 24.9. The van der Waals surface area contributed by atoms with E-state index in [1.54, 1.807) is 18.3 Å². The molecular formula is C26H28N8O2. The molecule has 0 atom stereocenters. The Kier molecular flexibility index (Phi) is 7.55. The van der Waals surface area contributed by atoms with Crippen molar-refractivity contribution in [3.05, 3.63) is 95.7 Å². The number of carbonyl (C=O) groups is 1. The van der Waals surface area contributed by atoms with Crippen LogP contribution in [0.4, 0.5) is 5.95 Å². The predicted molar refractivity (Wildman–Crippen MR) is 135 cm³/mol. The second kappa shape index (κ2) is 11.5. The molecule has 184 valence electrons.